The van der Waals surface area contributed by atoms with E-state index in [9.17, 15) is 4.79 Å². The van der Waals surface area contributed by atoms with E-state index < -0.39 is 0 Å². The molecule has 1 atom stereocenters. The van der Waals surface area contributed by atoms with Crippen molar-refractivity contribution in [3.05, 3.63) is 34.4 Å². The van der Waals surface area contributed by atoms with Crippen LogP contribution < -0.4 is 0 Å². The number of aryl methyl sites for hydroxylation is 3. The zero-order valence-corrected chi connectivity index (χ0v) is 14.3. The Morgan fingerprint density at radius 3 is 2.29 bits per heavy atom. The molecule has 0 aromatic heterocycles. The highest BCUT2D eigenvalue weighted by Crippen LogP contribution is 2.18. The Balaban J connectivity index is 2.91. The molecule has 1 rings (SSSR count). The number of nitrogens with zero attached hydrogens (tertiary/aromatic N) is 1. The molecule has 3 nitrogen and oxygen atoms in total. The molecule has 1 aromatic carbocycles. The molecule has 0 saturated heterocycles. The van der Waals surface area contributed by atoms with Crippen LogP contribution in [-0.4, -0.2) is 43.5 Å². The Kier molecular flexibility index (Phi) is 7.06. The topological polar surface area (TPSA) is 29.5 Å². The number of benzene rings is 1. The summed E-state index contributed by atoms with van der Waals surface area (Å²) in [7, 11) is 1.70. The lowest BCUT2D eigenvalue weighted by Crippen LogP contribution is -2.39. The highest BCUT2D eigenvalue weighted by atomic mass is 16.5. The van der Waals surface area contributed by atoms with Gasteiger partial charge in [-0.3, -0.25) is 9.69 Å². The Hall–Kier alpha value is -1.19. The maximum atomic E-state index is 12.7. The molecule has 0 fully saturated rings. The van der Waals surface area contributed by atoms with Gasteiger partial charge in [-0.2, -0.15) is 0 Å². The summed E-state index contributed by atoms with van der Waals surface area (Å²) in [6, 6.07) is 4.56. The second-order valence-electron chi connectivity index (χ2n) is 5.92. The van der Waals surface area contributed by atoms with Gasteiger partial charge in [0.15, 0.2) is 5.78 Å². The molecule has 3 heteroatoms. The van der Waals surface area contributed by atoms with Crippen molar-refractivity contribution < 1.29 is 9.53 Å². The zero-order chi connectivity index (χ0) is 16.0. The molecule has 21 heavy (non-hydrogen) atoms. The quantitative estimate of drug-likeness (QED) is 0.686. The van der Waals surface area contributed by atoms with Crippen molar-refractivity contribution in [3.63, 3.8) is 0 Å². The van der Waals surface area contributed by atoms with E-state index in [1.54, 1.807) is 7.11 Å². The van der Waals surface area contributed by atoms with E-state index in [1.165, 1.54) is 5.56 Å². The van der Waals surface area contributed by atoms with Crippen molar-refractivity contribution in [2.24, 2.45) is 0 Å². The van der Waals surface area contributed by atoms with E-state index in [0.717, 1.165) is 29.7 Å². The molecule has 0 heterocycles. The predicted octanol–water partition coefficient (Wildman–Crippen LogP) is 3.54. The normalized spacial score (nSPS) is 12.7. The summed E-state index contributed by atoms with van der Waals surface area (Å²) >= 11 is 0. The molecular weight excluding hydrogens is 262 g/mol. The Morgan fingerprint density at radius 2 is 1.81 bits per heavy atom. The molecule has 0 spiro atoms. The van der Waals surface area contributed by atoms with Crippen molar-refractivity contribution in [3.8, 4) is 0 Å². The van der Waals surface area contributed by atoms with E-state index in [1.807, 2.05) is 13.8 Å². The molecule has 0 aliphatic rings. The first kappa shape index (κ1) is 17.9. The summed E-state index contributed by atoms with van der Waals surface area (Å²) in [5.41, 5.74) is 4.24. The third kappa shape index (κ3) is 4.94. The number of carbonyl (C=O) groups is 1. The van der Waals surface area contributed by atoms with Crippen LogP contribution in [0.1, 0.15) is 47.3 Å². The van der Waals surface area contributed by atoms with Gasteiger partial charge in [0, 0.05) is 25.3 Å². The van der Waals surface area contributed by atoms with E-state index in [0.29, 0.717) is 19.2 Å². The molecule has 0 N–H and O–H groups in total. The lowest BCUT2D eigenvalue weighted by atomic mass is 9.96. The molecule has 1 unspecified atom stereocenters. The number of ether oxygens (including phenoxy) is 1. The largest absolute Gasteiger partial charge is 0.383 e. The lowest BCUT2D eigenvalue weighted by Gasteiger charge is -2.27. The first-order chi connectivity index (χ1) is 9.90. The Morgan fingerprint density at radius 1 is 1.24 bits per heavy atom. The fourth-order valence-corrected chi connectivity index (χ4v) is 2.81. The van der Waals surface area contributed by atoms with E-state index in [-0.39, 0.29) is 5.78 Å². The smallest absolute Gasteiger partial charge is 0.177 e. The molecule has 0 amide bonds. The van der Waals surface area contributed by atoms with Crippen LogP contribution in [-0.2, 0) is 4.74 Å². The van der Waals surface area contributed by atoms with Crippen LogP contribution >= 0.6 is 0 Å². The molecular formula is C18H29NO2. The van der Waals surface area contributed by atoms with Crippen LogP contribution in [0.4, 0.5) is 0 Å². The lowest BCUT2D eigenvalue weighted by molar-refractivity contribution is 0.0833. The van der Waals surface area contributed by atoms with Crippen molar-refractivity contribution in [1.82, 2.24) is 4.90 Å². The number of hydrogen-bond donors (Lipinski definition) is 0. The minimum Gasteiger partial charge on any atom is -0.383 e. The van der Waals surface area contributed by atoms with Gasteiger partial charge in [-0.05, 0) is 45.2 Å². The van der Waals surface area contributed by atoms with Crippen molar-refractivity contribution >= 4 is 5.78 Å². The Bertz CT molecular complexity index is 459. The van der Waals surface area contributed by atoms with Gasteiger partial charge in [0.25, 0.3) is 0 Å². The summed E-state index contributed by atoms with van der Waals surface area (Å²) in [6.07, 6.45) is 1.03. The van der Waals surface area contributed by atoms with Crippen LogP contribution in [0, 0.1) is 20.8 Å². The van der Waals surface area contributed by atoms with Crippen LogP contribution in [0.5, 0.6) is 0 Å². The second kappa shape index (κ2) is 8.30. The minimum absolute atomic E-state index is 0.210. The maximum Gasteiger partial charge on any atom is 0.177 e. The maximum absolute atomic E-state index is 12.7. The number of ketones is 1. The first-order valence-corrected chi connectivity index (χ1v) is 7.74. The minimum atomic E-state index is 0.210. The third-order valence-corrected chi connectivity index (χ3v) is 4.10. The van der Waals surface area contributed by atoms with E-state index >= 15 is 0 Å². The summed E-state index contributed by atoms with van der Waals surface area (Å²) in [5, 5.41) is 0. The fourth-order valence-electron chi connectivity index (χ4n) is 2.81. The Labute approximate surface area is 129 Å². The van der Waals surface area contributed by atoms with Crippen molar-refractivity contribution in [2.45, 2.75) is 47.1 Å². The highest BCUT2D eigenvalue weighted by Gasteiger charge is 2.19. The SMILES string of the molecule is CCC(C)N(CCOC)CC(=O)c1c(C)cc(C)cc1C. The van der Waals surface area contributed by atoms with Crippen LogP contribution in [0.2, 0.25) is 0 Å². The van der Waals surface area contributed by atoms with Crippen LogP contribution in [0.3, 0.4) is 0 Å². The van der Waals surface area contributed by atoms with Gasteiger partial charge in [-0.25, -0.2) is 0 Å². The van der Waals surface area contributed by atoms with Crippen LogP contribution in [0.15, 0.2) is 12.1 Å². The highest BCUT2D eigenvalue weighted by molar-refractivity contribution is 6.00. The van der Waals surface area contributed by atoms with Gasteiger partial charge in [0.05, 0.1) is 13.2 Å². The van der Waals surface area contributed by atoms with Gasteiger partial charge in [0.2, 0.25) is 0 Å². The van der Waals surface area contributed by atoms with Gasteiger partial charge < -0.3 is 4.74 Å². The molecule has 0 radical (unpaired) electrons. The molecule has 118 valence electrons. The van der Waals surface area contributed by atoms with E-state index in [2.05, 4.69) is 37.8 Å². The summed E-state index contributed by atoms with van der Waals surface area (Å²) < 4.78 is 5.16. The molecule has 1 aromatic rings. The average molecular weight is 291 g/mol. The summed E-state index contributed by atoms with van der Waals surface area (Å²) in [6.45, 7) is 12.3. The number of hydrogen-bond acceptors (Lipinski definition) is 3. The number of methoxy groups -OCH3 is 1. The third-order valence-electron chi connectivity index (χ3n) is 4.10. The van der Waals surface area contributed by atoms with Gasteiger partial charge >= 0.3 is 0 Å². The number of Topliss-reactive ketones (excluding diaryl/α,β-unsaturated/α-hetero) is 1. The van der Waals surface area contributed by atoms with Gasteiger partial charge in [-0.1, -0.05) is 24.6 Å². The number of carbonyl (C=O) groups excluding carboxylic acids is 1. The fraction of sp³-hybridized carbons (Fsp3) is 0.611. The monoisotopic (exact) mass is 291 g/mol. The summed E-state index contributed by atoms with van der Waals surface area (Å²) in [4.78, 5) is 14.9. The summed E-state index contributed by atoms with van der Waals surface area (Å²) in [5.74, 6) is 0.210. The second-order valence-corrected chi connectivity index (χ2v) is 5.92. The van der Waals surface area contributed by atoms with E-state index in [4.69, 9.17) is 4.74 Å². The molecule has 0 aliphatic heterocycles. The van der Waals surface area contributed by atoms with Crippen molar-refractivity contribution in [1.29, 1.82) is 0 Å². The molecule has 0 aliphatic carbocycles. The molecule has 0 saturated carbocycles. The van der Waals surface area contributed by atoms with Gasteiger partial charge in [-0.15, -0.1) is 0 Å². The molecule has 0 bridgehead atoms. The predicted molar refractivity (Wildman–Crippen MR) is 88.2 cm³/mol. The number of rotatable bonds is 8. The first-order valence-electron chi connectivity index (χ1n) is 7.74. The van der Waals surface area contributed by atoms with Crippen LogP contribution in [0.25, 0.3) is 0 Å². The average Bonchev–Trinajstić information content (AvgIpc) is 2.41. The zero-order valence-electron chi connectivity index (χ0n) is 14.3. The standard InChI is InChI=1S/C18H29NO2/c1-7-16(5)19(8-9-21-6)12-17(20)18-14(3)10-13(2)11-15(18)4/h10-11,16H,7-9,12H2,1-6H3. The van der Waals surface area contributed by atoms with Gasteiger partial charge in [0.1, 0.15) is 0 Å². The van der Waals surface area contributed by atoms with Crippen molar-refractivity contribution in [2.75, 3.05) is 26.8 Å².